The average molecular weight is 382 g/mol. The van der Waals surface area contributed by atoms with Gasteiger partial charge in [0, 0.05) is 10.8 Å². The van der Waals surface area contributed by atoms with Crippen LogP contribution in [0, 0.1) is 10.8 Å². The number of carbonyl (C=O) groups is 4. The third kappa shape index (κ3) is 4.88. The molecule has 26 heavy (non-hydrogen) atoms. The van der Waals surface area contributed by atoms with E-state index in [2.05, 4.69) is 0 Å². The Morgan fingerprint density at radius 1 is 0.692 bits per heavy atom. The first-order valence-electron chi connectivity index (χ1n) is 7.32. The lowest BCUT2D eigenvalue weighted by Crippen LogP contribution is -2.72. The standard InChI is InChI=1S/C14H22N2O8.2H2O/c15-14(16)3-1-2-12(4-8(17)18,5-9(19)20)13(14,6-10(21)22)7-11(23)24;;/h1-7,15-16H2,(H,17,18)(H,19,20)(H,21,22)(H,23,24);2*1H2. The van der Waals surface area contributed by atoms with Gasteiger partial charge in [0.05, 0.1) is 31.3 Å². The lowest BCUT2D eigenvalue weighted by molar-refractivity contribution is -0.176. The fourth-order valence-electron chi connectivity index (χ4n) is 4.13. The number of hydrogen-bond donors (Lipinski definition) is 6. The number of hydrogen-bond acceptors (Lipinski definition) is 6. The third-order valence-corrected chi connectivity index (χ3v) is 5.04. The van der Waals surface area contributed by atoms with E-state index < -0.39 is 66.1 Å². The minimum absolute atomic E-state index is 0. The fourth-order valence-corrected chi connectivity index (χ4v) is 4.13. The van der Waals surface area contributed by atoms with E-state index in [1.165, 1.54) is 0 Å². The molecule has 0 aromatic carbocycles. The van der Waals surface area contributed by atoms with E-state index in [4.69, 9.17) is 11.5 Å². The maximum atomic E-state index is 11.4. The zero-order chi connectivity index (χ0) is 18.8. The van der Waals surface area contributed by atoms with Gasteiger partial charge in [0.15, 0.2) is 0 Å². The predicted octanol–water partition coefficient (Wildman–Crippen LogP) is -1.99. The van der Waals surface area contributed by atoms with Gasteiger partial charge in [0.2, 0.25) is 0 Å². The zero-order valence-corrected chi connectivity index (χ0v) is 14.0. The minimum atomic E-state index is -1.91. The summed E-state index contributed by atoms with van der Waals surface area (Å²) < 4.78 is 0. The molecule has 0 amide bonds. The Morgan fingerprint density at radius 3 is 1.35 bits per heavy atom. The summed E-state index contributed by atoms with van der Waals surface area (Å²) in [6.45, 7) is 0. The molecule has 0 unspecified atom stereocenters. The van der Waals surface area contributed by atoms with Gasteiger partial charge in [-0.1, -0.05) is 0 Å². The highest BCUT2D eigenvalue weighted by Crippen LogP contribution is 2.60. The van der Waals surface area contributed by atoms with Crippen LogP contribution in [0.2, 0.25) is 0 Å². The van der Waals surface area contributed by atoms with E-state index >= 15 is 0 Å². The SMILES string of the molecule is NC1(N)CCCC(CC(=O)O)(CC(=O)O)C1(CC(=O)O)CC(=O)O.O.O. The van der Waals surface area contributed by atoms with Crippen LogP contribution in [0.15, 0.2) is 0 Å². The molecule has 1 aliphatic carbocycles. The number of rotatable bonds is 8. The van der Waals surface area contributed by atoms with Crippen molar-refractivity contribution < 1.29 is 50.6 Å². The molecule has 0 aromatic heterocycles. The molecule has 0 heterocycles. The zero-order valence-electron chi connectivity index (χ0n) is 14.0. The van der Waals surface area contributed by atoms with Crippen LogP contribution >= 0.6 is 0 Å². The van der Waals surface area contributed by atoms with Crippen LogP contribution in [0.25, 0.3) is 0 Å². The Morgan fingerprint density at radius 2 is 1.04 bits per heavy atom. The Labute approximate surface area is 148 Å². The van der Waals surface area contributed by atoms with Crippen LogP contribution in [0.4, 0.5) is 0 Å². The number of aliphatic carboxylic acids is 4. The van der Waals surface area contributed by atoms with Crippen molar-refractivity contribution in [2.24, 2.45) is 22.3 Å². The van der Waals surface area contributed by atoms with Crippen molar-refractivity contribution in [3.8, 4) is 0 Å². The van der Waals surface area contributed by atoms with Gasteiger partial charge in [-0.05, 0) is 19.3 Å². The average Bonchev–Trinajstić information content (AvgIpc) is 2.32. The molecule has 0 spiro atoms. The predicted molar refractivity (Wildman–Crippen MR) is 86.1 cm³/mol. The van der Waals surface area contributed by atoms with Crippen LogP contribution in [-0.4, -0.2) is 60.9 Å². The quantitative estimate of drug-likeness (QED) is 0.251. The minimum Gasteiger partial charge on any atom is -0.481 e. The van der Waals surface area contributed by atoms with E-state index in [0.717, 1.165) is 0 Å². The number of carboxylic acid groups (broad SMARTS) is 4. The summed E-state index contributed by atoms with van der Waals surface area (Å²) in [5.41, 5.74) is 6.68. The molecule has 1 aliphatic rings. The van der Waals surface area contributed by atoms with Crippen LogP contribution < -0.4 is 11.5 Å². The monoisotopic (exact) mass is 382 g/mol. The Balaban J connectivity index is 0. The van der Waals surface area contributed by atoms with E-state index in [9.17, 15) is 39.6 Å². The maximum absolute atomic E-state index is 11.4. The summed E-state index contributed by atoms with van der Waals surface area (Å²) >= 11 is 0. The summed E-state index contributed by atoms with van der Waals surface area (Å²) in [7, 11) is 0. The molecule has 0 aromatic rings. The van der Waals surface area contributed by atoms with Gasteiger partial charge in [0.1, 0.15) is 0 Å². The van der Waals surface area contributed by atoms with Crippen molar-refractivity contribution in [3.05, 3.63) is 0 Å². The highest BCUT2D eigenvalue weighted by Gasteiger charge is 2.64. The van der Waals surface area contributed by atoms with E-state index in [1.54, 1.807) is 0 Å². The molecule has 12 N–H and O–H groups in total. The van der Waals surface area contributed by atoms with Gasteiger partial charge in [-0.2, -0.15) is 0 Å². The Hall–Kier alpha value is -2.28. The van der Waals surface area contributed by atoms with Crippen molar-refractivity contribution in [3.63, 3.8) is 0 Å². The third-order valence-electron chi connectivity index (χ3n) is 5.04. The largest absolute Gasteiger partial charge is 0.481 e. The first-order chi connectivity index (χ1) is 10.9. The van der Waals surface area contributed by atoms with Crippen LogP contribution in [0.5, 0.6) is 0 Å². The van der Waals surface area contributed by atoms with Gasteiger partial charge >= 0.3 is 23.9 Å². The second-order valence-electron chi connectivity index (χ2n) is 6.54. The molecule has 0 radical (unpaired) electrons. The first kappa shape index (κ1) is 26.0. The van der Waals surface area contributed by atoms with Gasteiger partial charge < -0.3 is 42.8 Å². The summed E-state index contributed by atoms with van der Waals surface area (Å²) in [5.74, 6) is -5.57. The van der Waals surface area contributed by atoms with Crippen LogP contribution in [0.3, 0.4) is 0 Å². The molecule has 0 aliphatic heterocycles. The van der Waals surface area contributed by atoms with E-state index in [0.29, 0.717) is 0 Å². The highest BCUT2D eigenvalue weighted by atomic mass is 16.4. The molecule has 1 saturated carbocycles. The fraction of sp³-hybridized carbons (Fsp3) is 0.714. The Bertz CT molecular complexity index is 528. The molecule has 12 nitrogen and oxygen atoms in total. The topological polar surface area (TPSA) is 264 Å². The molecule has 0 bridgehead atoms. The van der Waals surface area contributed by atoms with Gasteiger partial charge in [-0.25, -0.2) is 0 Å². The second kappa shape index (κ2) is 8.89. The lowest BCUT2D eigenvalue weighted by Gasteiger charge is -2.59. The second-order valence-corrected chi connectivity index (χ2v) is 6.54. The summed E-state index contributed by atoms with van der Waals surface area (Å²) in [5, 5.41) is 37.0. The van der Waals surface area contributed by atoms with Crippen molar-refractivity contribution in [1.82, 2.24) is 0 Å². The normalized spacial score (nSPS) is 19.3. The molecule has 0 saturated heterocycles. The van der Waals surface area contributed by atoms with Crippen molar-refractivity contribution in [1.29, 1.82) is 0 Å². The van der Waals surface area contributed by atoms with Crippen molar-refractivity contribution in [2.75, 3.05) is 0 Å². The van der Waals surface area contributed by atoms with E-state index in [-0.39, 0.29) is 30.2 Å². The van der Waals surface area contributed by atoms with Crippen LogP contribution in [0.1, 0.15) is 44.9 Å². The smallest absolute Gasteiger partial charge is 0.304 e. The lowest BCUT2D eigenvalue weighted by atomic mass is 9.46. The summed E-state index contributed by atoms with van der Waals surface area (Å²) in [6.07, 6.45) is -2.75. The highest BCUT2D eigenvalue weighted by molar-refractivity contribution is 5.76. The summed E-state index contributed by atoms with van der Waals surface area (Å²) in [4.78, 5) is 45.5. The van der Waals surface area contributed by atoms with E-state index in [1.807, 2.05) is 0 Å². The van der Waals surface area contributed by atoms with Crippen molar-refractivity contribution >= 4 is 23.9 Å². The molecule has 12 heteroatoms. The summed E-state index contributed by atoms with van der Waals surface area (Å²) in [6, 6.07) is 0. The first-order valence-corrected chi connectivity index (χ1v) is 7.32. The van der Waals surface area contributed by atoms with Gasteiger partial charge in [0.25, 0.3) is 0 Å². The molecule has 0 atom stereocenters. The van der Waals surface area contributed by atoms with Crippen LogP contribution in [-0.2, 0) is 19.2 Å². The number of carboxylic acids is 4. The maximum Gasteiger partial charge on any atom is 0.304 e. The Kier molecular flexibility index (Phi) is 8.88. The molecule has 1 fully saturated rings. The van der Waals surface area contributed by atoms with Gasteiger partial charge in [-0.15, -0.1) is 0 Å². The van der Waals surface area contributed by atoms with Crippen molar-refractivity contribution in [2.45, 2.75) is 50.6 Å². The molecular weight excluding hydrogens is 356 g/mol. The van der Waals surface area contributed by atoms with Gasteiger partial charge in [-0.3, -0.25) is 19.2 Å². The molecular formula is C14H26N2O10. The molecule has 1 rings (SSSR count). The number of nitrogens with two attached hydrogens (primary N) is 2. The molecule has 152 valence electrons.